The fourth-order valence-electron chi connectivity index (χ4n) is 2.54. The Balaban J connectivity index is 1.76. The van der Waals surface area contributed by atoms with Gasteiger partial charge >= 0.3 is 0 Å². The number of nitrogens with one attached hydrogen (secondary N) is 1. The SMILES string of the molecule is COc1nc(F)ccc1-c1nc2nc(OC3CCC3)[nH]c2cc1Cl. The molecule has 0 amide bonds. The average Bonchev–Trinajstić information content (AvgIpc) is 2.91. The van der Waals surface area contributed by atoms with Crippen molar-refractivity contribution in [2.45, 2.75) is 25.4 Å². The Morgan fingerprint density at radius 3 is 2.79 bits per heavy atom. The second-order valence-corrected chi connectivity index (χ2v) is 6.00. The van der Waals surface area contributed by atoms with Gasteiger partial charge in [0.2, 0.25) is 11.8 Å². The number of aromatic nitrogens is 4. The lowest BCUT2D eigenvalue weighted by Gasteiger charge is -2.24. The zero-order valence-corrected chi connectivity index (χ0v) is 13.6. The number of pyridine rings is 2. The van der Waals surface area contributed by atoms with Gasteiger partial charge in [-0.2, -0.15) is 14.4 Å². The van der Waals surface area contributed by atoms with Crippen LogP contribution in [0.25, 0.3) is 22.4 Å². The molecule has 8 heteroatoms. The van der Waals surface area contributed by atoms with Crippen LogP contribution in [0.15, 0.2) is 18.2 Å². The molecule has 1 aliphatic carbocycles. The predicted molar refractivity (Wildman–Crippen MR) is 86.9 cm³/mol. The Kier molecular flexibility index (Phi) is 3.72. The summed E-state index contributed by atoms with van der Waals surface area (Å²) in [6.45, 7) is 0. The third kappa shape index (κ3) is 2.65. The number of rotatable bonds is 4. The number of hydrogen-bond acceptors (Lipinski definition) is 5. The summed E-state index contributed by atoms with van der Waals surface area (Å²) < 4.78 is 24.2. The second-order valence-electron chi connectivity index (χ2n) is 5.59. The number of aromatic amines is 1. The van der Waals surface area contributed by atoms with E-state index >= 15 is 0 Å². The Bertz CT molecular complexity index is 910. The fourth-order valence-corrected chi connectivity index (χ4v) is 2.79. The Morgan fingerprint density at radius 2 is 2.08 bits per heavy atom. The topological polar surface area (TPSA) is 72.9 Å². The Labute approximate surface area is 142 Å². The molecule has 24 heavy (non-hydrogen) atoms. The highest BCUT2D eigenvalue weighted by Crippen LogP contribution is 2.34. The number of halogens is 2. The first-order valence-corrected chi connectivity index (χ1v) is 7.95. The molecule has 0 saturated heterocycles. The van der Waals surface area contributed by atoms with Crippen molar-refractivity contribution in [3.63, 3.8) is 0 Å². The summed E-state index contributed by atoms with van der Waals surface area (Å²) in [5, 5.41) is 0.382. The zero-order valence-electron chi connectivity index (χ0n) is 12.8. The van der Waals surface area contributed by atoms with Crippen LogP contribution in [0.5, 0.6) is 11.9 Å². The molecule has 1 aliphatic rings. The van der Waals surface area contributed by atoms with E-state index in [9.17, 15) is 4.39 Å². The number of ether oxygens (including phenoxy) is 2. The summed E-state index contributed by atoms with van der Waals surface area (Å²) in [6, 6.07) is 4.90. The highest BCUT2D eigenvalue weighted by Gasteiger charge is 2.21. The molecule has 1 saturated carbocycles. The van der Waals surface area contributed by atoms with E-state index in [2.05, 4.69) is 19.9 Å². The highest BCUT2D eigenvalue weighted by atomic mass is 35.5. The maximum Gasteiger partial charge on any atom is 0.296 e. The molecule has 0 atom stereocenters. The molecule has 3 aromatic heterocycles. The normalized spacial score (nSPS) is 14.6. The van der Waals surface area contributed by atoms with Crippen molar-refractivity contribution >= 4 is 22.8 Å². The summed E-state index contributed by atoms with van der Waals surface area (Å²) in [4.78, 5) is 15.6. The summed E-state index contributed by atoms with van der Waals surface area (Å²) >= 11 is 6.33. The minimum Gasteiger partial charge on any atom is -0.480 e. The van der Waals surface area contributed by atoms with Crippen molar-refractivity contribution < 1.29 is 13.9 Å². The molecular weight excluding hydrogens is 335 g/mol. The van der Waals surface area contributed by atoms with Gasteiger partial charge in [0.15, 0.2) is 5.65 Å². The van der Waals surface area contributed by atoms with Gasteiger partial charge in [0.25, 0.3) is 6.01 Å². The van der Waals surface area contributed by atoms with Gasteiger partial charge in [-0.1, -0.05) is 11.6 Å². The first-order valence-electron chi connectivity index (χ1n) is 7.58. The van der Waals surface area contributed by atoms with Gasteiger partial charge in [-0.05, 0) is 37.5 Å². The van der Waals surface area contributed by atoms with Crippen LogP contribution in [-0.4, -0.2) is 33.1 Å². The van der Waals surface area contributed by atoms with E-state index in [4.69, 9.17) is 21.1 Å². The lowest BCUT2D eigenvalue weighted by Crippen LogP contribution is -2.24. The molecule has 4 rings (SSSR count). The van der Waals surface area contributed by atoms with E-state index < -0.39 is 5.95 Å². The van der Waals surface area contributed by atoms with E-state index in [0.717, 1.165) is 12.8 Å². The van der Waals surface area contributed by atoms with Crippen LogP contribution in [0, 0.1) is 5.95 Å². The molecule has 124 valence electrons. The smallest absolute Gasteiger partial charge is 0.296 e. The maximum absolute atomic E-state index is 13.3. The predicted octanol–water partition coefficient (Wildman–Crippen LogP) is 3.75. The summed E-state index contributed by atoms with van der Waals surface area (Å²) in [5.41, 5.74) is 2.06. The van der Waals surface area contributed by atoms with Crippen LogP contribution in [0.4, 0.5) is 4.39 Å². The lowest BCUT2D eigenvalue weighted by atomic mass is 9.96. The van der Waals surface area contributed by atoms with Crippen LogP contribution in [0.1, 0.15) is 19.3 Å². The van der Waals surface area contributed by atoms with Gasteiger partial charge in [-0.15, -0.1) is 0 Å². The summed E-state index contributed by atoms with van der Waals surface area (Å²) in [7, 11) is 1.41. The second kappa shape index (κ2) is 5.90. The van der Waals surface area contributed by atoms with Crippen molar-refractivity contribution in [1.29, 1.82) is 0 Å². The highest BCUT2D eigenvalue weighted by molar-refractivity contribution is 6.33. The van der Waals surface area contributed by atoms with Crippen LogP contribution in [-0.2, 0) is 0 Å². The third-order valence-electron chi connectivity index (χ3n) is 4.01. The van der Waals surface area contributed by atoms with Crippen LogP contribution in [0.3, 0.4) is 0 Å². The molecule has 3 aromatic rings. The maximum atomic E-state index is 13.3. The average molecular weight is 349 g/mol. The summed E-state index contributed by atoms with van der Waals surface area (Å²) in [6.07, 6.45) is 3.46. The number of fused-ring (bicyclic) bond motifs is 1. The van der Waals surface area contributed by atoms with Gasteiger partial charge in [-0.25, -0.2) is 4.98 Å². The van der Waals surface area contributed by atoms with Crippen molar-refractivity contribution in [3.8, 4) is 23.1 Å². The number of hydrogen-bond donors (Lipinski definition) is 1. The Hall–Kier alpha value is -2.41. The van der Waals surface area contributed by atoms with Gasteiger partial charge in [0.1, 0.15) is 6.10 Å². The lowest BCUT2D eigenvalue weighted by molar-refractivity contribution is 0.110. The number of nitrogens with zero attached hydrogens (tertiary/aromatic N) is 3. The Morgan fingerprint density at radius 1 is 1.25 bits per heavy atom. The molecule has 6 nitrogen and oxygen atoms in total. The van der Waals surface area contributed by atoms with Gasteiger partial charge in [0.05, 0.1) is 28.9 Å². The van der Waals surface area contributed by atoms with Gasteiger partial charge in [-0.3, -0.25) is 0 Å². The van der Waals surface area contributed by atoms with Crippen molar-refractivity contribution in [2.24, 2.45) is 0 Å². The van der Waals surface area contributed by atoms with Crippen molar-refractivity contribution in [3.05, 3.63) is 29.2 Å². The van der Waals surface area contributed by atoms with Gasteiger partial charge < -0.3 is 14.5 Å². The zero-order chi connectivity index (χ0) is 16.7. The first kappa shape index (κ1) is 15.1. The quantitative estimate of drug-likeness (QED) is 0.727. The van der Waals surface area contributed by atoms with Crippen LogP contribution < -0.4 is 9.47 Å². The van der Waals surface area contributed by atoms with E-state index in [1.807, 2.05) is 0 Å². The first-order chi connectivity index (χ1) is 11.6. The van der Waals surface area contributed by atoms with Crippen LogP contribution in [0.2, 0.25) is 5.02 Å². The van der Waals surface area contributed by atoms with E-state index in [1.54, 1.807) is 6.07 Å². The number of methoxy groups -OCH3 is 1. The van der Waals surface area contributed by atoms with Crippen molar-refractivity contribution in [2.75, 3.05) is 7.11 Å². The van der Waals surface area contributed by atoms with Crippen molar-refractivity contribution in [1.82, 2.24) is 19.9 Å². The monoisotopic (exact) mass is 348 g/mol. The molecular formula is C16H14ClFN4O2. The summed E-state index contributed by atoms with van der Waals surface area (Å²) in [5.74, 6) is -0.519. The molecule has 0 spiro atoms. The third-order valence-corrected chi connectivity index (χ3v) is 4.30. The molecule has 0 bridgehead atoms. The van der Waals surface area contributed by atoms with E-state index in [0.29, 0.717) is 33.5 Å². The minimum atomic E-state index is -0.635. The van der Waals surface area contributed by atoms with E-state index in [-0.39, 0.29) is 12.0 Å². The fraction of sp³-hybridized carbons (Fsp3) is 0.312. The molecule has 0 radical (unpaired) electrons. The number of H-pyrrole nitrogens is 1. The minimum absolute atomic E-state index is 0.116. The molecule has 1 fully saturated rings. The molecule has 0 unspecified atom stereocenters. The van der Waals surface area contributed by atoms with E-state index in [1.165, 1.54) is 25.7 Å². The largest absolute Gasteiger partial charge is 0.480 e. The van der Waals surface area contributed by atoms with Gasteiger partial charge in [0, 0.05) is 0 Å². The molecule has 3 heterocycles. The molecule has 1 N–H and O–H groups in total. The number of imidazole rings is 1. The molecule has 0 aliphatic heterocycles. The van der Waals surface area contributed by atoms with Crippen LogP contribution >= 0.6 is 11.6 Å². The standard InChI is InChI=1S/C16H14ClFN4O2/c1-23-15-9(5-6-12(18)20-15)13-10(17)7-11-14(21-13)22-16(19-11)24-8-3-2-4-8/h5-8H,2-4H2,1H3,(H,19,21,22). The molecule has 0 aromatic carbocycles.